The van der Waals surface area contributed by atoms with Gasteiger partial charge in [-0.2, -0.15) is 0 Å². The molecule has 1 aliphatic rings. The Morgan fingerprint density at radius 1 is 1.40 bits per heavy atom. The fourth-order valence-electron chi connectivity index (χ4n) is 0.965. The van der Waals surface area contributed by atoms with Crippen LogP contribution in [0.5, 0.6) is 0 Å². The first-order valence-electron chi connectivity index (χ1n) is 4.16. The van der Waals surface area contributed by atoms with E-state index in [1.165, 1.54) is 0 Å². The zero-order valence-corrected chi connectivity index (χ0v) is 11.2. The molecule has 1 aliphatic heterocycles. The summed E-state index contributed by atoms with van der Waals surface area (Å²) in [5.74, 6) is 0. The SMILES string of the molecule is FC1CN([C](F)(F)[K])CCO1.OB(O)O. The molecule has 84 valence electrons. The number of nitrogens with zero attached hydrogens (tertiary/aromatic N) is 1. The van der Waals surface area contributed by atoms with Crippen LogP contribution in [0, 0.1) is 0 Å². The van der Waals surface area contributed by atoms with E-state index in [-0.39, 0.29) is 19.7 Å². The summed E-state index contributed by atoms with van der Waals surface area (Å²) in [4.78, 5) is 0.848. The van der Waals surface area contributed by atoms with Gasteiger partial charge >= 0.3 is 105 Å². The van der Waals surface area contributed by atoms with Crippen molar-refractivity contribution in [1.29, 1.82) is 0 Å². The Bertz CT molecular complexity index is 181. The maximum atomic E-state index is 12.6. The molecule has 10 heteroatoms. The van der Waals surface area contributed by atoms with Crippen molar-refractivity contribution in [1.82, 2.24) is 4.90 Å². The van der Waals surface area contributed by atoms with Gasteiger partial charge in [0.2, 0.25) is 0 Å². The first-order valence-corrected chi connectivity index (χ1v) is 5.72. The van der Waals surface area contributed by atoms with Crippen molar-refractivity contribution in [3.05, 3.63) is 0 Å². The van der Waals surface area contributed by atoms with Crippen molar-refractivity contribution in [2.24, 2.45) is 0 Å². The van der Waals surface area contributed by atoms with Crippen LogP contribution in [-0.4, -0.2) is 102 Å². The minimum absolute atomic E-state index is 0.0623. The molecule has 1 heterocycles. The van der Waals surface area contributed by atoms with Crippen LogP contribution in [0.25, 0.3) is 0 Å². The molecule has 1 unspecified atom stereocenters. The average molecular weight is 255 g/mol. The molecule has 0 spiro atoms. The van der Waals surface area contributed by atoms with E-state index in [0.29, 0.717) is 0 Å². The molecular formula is C5H10BF3KNO4. The van der Waals surface area contributed by atoms with Crippen LogP contribution in [0.3, 0.4) is 0 Å². The van der Waals surface area contributed by atoms with Gasteiger partial charge in [0.25, 0.3) is 0 Å². The Morgan fingerprint density at radius 2 is 1.87 bits per heavy atom. The van der Waals surface area contributed by atoms with Gasteiger partial charge in [0.05, 0.1) is 0 Å². The smallest absolute Gasteiger partial charge is 0.402 e. The zero-order chi connectivity index (χ0) is 12.1. The first-order chi connectivity index (χ1) is 6.73. The van der Waals surface area contributed by atoms with E-state index in [9.17, 15) is 13.2 Å². The predicted octanol–water partition coefficient (Wildman–Crippen LogP) is -1.72. The molecule has 1 saturated heterocycles. The van der Waals surface area contributed by atoms with Crippen LogP contribution in [-0.2, 0) is 4.74 Å². The molecule has 1 rings (SSSR count). The number of alkyl halides is 3. The van der Waals surface area contributed by atoms with Gasteiger partial charge in [-0.1, -0.05) is 0 Å². The molecule has 0 aliphatic carbocycles. The van der Waals surface area contributed by atoms with E-state index in [4.69, 9.17) is 15.1 Å². The van der Waals surface area contributed by atoms with Gasteiger partial charge in [-0.3, -0.25) is 0 Å². The number of morpholine rings is 1. The number of hydrogen-bond donors (Lipinski definition) is 3. The van der Waals surface area contributed by atoms with Gasteiger partial charge in [0.1, 0.15) is 0 Å². The van der Waals surface area contributed by atoms with E-state index < -0.39 is 62.8 Å². The molecule has 0 aromatic heterocycles. The molecule has 0 bridgehead atoms. The van der Waals surface area contributed by atoms with Gasteiger partial charge in [-0.15, -0.1) is 0 Å². The summed E-state index contributed by atoms with van der Waals surface area (Å²) in [6.45, 7) is -0.100. The Labute approximate surface area is 119 Å². The third-order valence-electron chi connectivity index (χ3n) is 1.58. The summed E-state index contributed by atoms with van der Waals surface area (Å²) >= 11 is -0.628. The largest absolute Gasteiger partial charge is 0.631 e. The Morgan fingerprint density at radius 3 is 2.13 bits per heavy atom. The van der Waals surface area contributed by atoms with Crippen LogP contribution >= 0.6 is 0 Å². The number of halogens is 3. The normalized spacial score (nSPS) is 23.1. The van der Waals surface area contributed by atoms with Crippen LogP contribution in [0.2, 0.25) is 0 Å². The van der Waals surface area contributed by atoms with Crippen molar-refractivity contribution in [2.75, 3.05) is 19.7 Å². The second-order valence-corrected chi connectivity index (χ2v) is 4.79. The molecule has 0 saturated carbocycles. The topological polar surface area (TPSA) is 73.2 Å². The van der Waals surface area contributed by atoms with Crippen molar-refractivity contribution in [3.8, 4) is 0 Å². The van der Waals surface area contributed by atoms with E-state index in [1.54, 1.807) is 0 Å². The van der Waals surface area contributed by atoms with Crippen LogP contribution < -0.4 is 0 Å². The molecule has 0 aromatic carbocycles. The van der Waals surface area contributed by atoms with E-state index in [2.05, 4.69) is 4.74 Å². The number of hydrogen-bond acceptors (Lipinski definition) is 5. The van der Waals surface area contributed by atoms with Crippen molar-refractivity contribution < 1.29 is 33.0 Å². The third kappa shape index (κ3) is 9.03. The molecule has 5 nitrogen and oxygen atoms in total. The van der Waals surface area contributed by atoms with Crippen molar-refractivity contribution in [2.45, 2.75) is 6.50 Å². The molecule has 0 radical (unpaired) electrons. The minimum Gasteiger partial charge on any atom is -0.402 e. The summed E-state index contributed by atoms with van der Waals surface area (Å²) in [5.41, 5.74) is 0. The maximum Gasteiger partial charge on any atom is 0.631 e. The van der Waals surface area contributed by atoms with E-state index in [1.807, 2.05) is 0 Å². The first kappa shape index (κ1) is 16.3. The fraction of sp³-hybridized carbons (Fsp3) is 1.00. The van der Waals surface area contributed by atoms with Gasteiger partial charge in [-0.25, -0.2) is 0 Å². The summed E-state index contributed by atoms with van der Waals surface area (Å²) in [5, 5.41) is 21.5. The molecule has 1 fully saturated rings. The summed E-state index contributed by atoms with van der Waals surface area (Å²) < 4.78 is 39.3. The molecule has 0 aromatic rings. The van der Waals surface area contributed by atoms with Gasteiger partial charge in [-0.05, 0) is 0 Å². The van der Waals surface area contributed by atoms with Crippen LogP contribution in [0.1, 0.15) is 0 Å². The number of ether oxygens (including phenoxy) is 1. The van der Waals surface area contributed by atoms with E-state index >= 15 is 0 Å². The minimum atomic E-state index is -2.75. The second kappa shape index (κ2) is 7.59. The molecule has 3 N–H and O–H groups in total. The summed E-state index contributed by atoms with van der Waals surface area (Å²) in [6, 6.07) is 0. The Hall–Kier alpha value is 1.29. The summed E-state index contributed by atoms with van der Waals surface area (Å²) in [7, 11) is -2.17. The zero-order valence-electron chi connectivity index (χ0n) is 8.11. The maximum absolute atomic E-state index is 12.6. The van der Waals surface area contributed by atoms with Crippen molar-refractivity contribution in [3.63, 3.8) is 0 Å². The second-order valence-electron chi connectivity index (χ2n) is 2.92. The Kier molecular flexibility index (Phi) is 8.24. The molecule has 1 atom stereocenters. The quantitative estimate of drug-likeness (QED) is 0.384. The van der Waals surface area contributed by atoms with Gasteiger partial charge < -0.3 is 15.1 Å². The van der Waals surface area contributed by atoms with Gasteiger partial charge in [0, 0.05) is 0 Å². The average Bonchev–Trinajstić information content (AvgIpc) is 2.01. The third-order valence-corrected chi connectivity index (χ3v) is 2.57. The van der Waals surface area contributed by atoms with Crippen LogP contribution in [0.15, 0.2) is 0 Å². The molecule has 0 amide bonds. The molecule has 15 heavy (non-hydrogen) atoms. The van der Waals surface area contributed by atoms with Gasteiger partial charge in [0.15, 0.2) is 0 Å². The number of rotatable bonds is 1. The summed E-state index contributed by atoms with van der Waals surface area (Å²) in [6.07, 6.45) is -1.54. The monoisotopic (exact) mass is 255 g/mol. The molecular weight excluding hydrogens is 245 g/mol. The Balaban J connectivity index is 0.000000423. The van der Waals surface area contributed by atoms with Crippen molar-refractivity contribution >= 4 is 56.3 Å². The van der Waals surface area contributed by atoms with Crippen LogP contribution in [0.4, 0.5) is 13.2 Å². The van der Waals surface area contributed by atoms with E-state index in [0.717, 1.165) is 4.90 Å². The standard InChI is InChI=1S/C5H7F3NO.BH3O3.K/c6-4-3-9(5(7)8)1-2-10-4;2-1(3)4;/h4H,1-3H2;2-4H;. The fourth-order valence-corrected chi connectivity index (χ4v) is 1.60. The predicted molar refractivity (Wildman–Crippen MR) is 45.5 cm³/mol.